The van der Waals surface area contributed by atoms with Crippen molar-refractivity contribution in [3.8, 4) is 0 Å². The van der Waals surface area contributed by atoms with Crippen LogP contribution >= 0.6 is 0 Å². The standard InChI is InChI=1S/C21H31NO3/c1-20-10-8-14(25-19(24)22-3)12-13(20)4-5-15-16-6-7-18(23)21(16,2)11-9-17(15)20/h4,14-17H,5-12H2,1-3H3,(H,22,24)/t14-,15?,16?,17?,20-,21-/m0/s1. The van der Waals surface area contributed by atoms with Gasteiger partial charge in [0, 0.05) is 25.3 Å². The average Bonchev–Trinajstić information content (AvgIpc) is 2.90. The number of alkyl carbamates (subject to hydrolysis) is 1. The van der Waals surface area contributed by atoms with Gasteiger partial charge < -0.3 is 10.1 Å². The van der Waals surface area contributed by atoms with Crippen molar-refractivity contribution >= 4 is 11.9 Å². The smallest absolute Gasteiger partial charge is 0.407 e. The molecule has 4 aliphatic carbocycles. The van der Waals surface area contributed by atoms with Gasteiger partial charge in [-0.05, 0) is 61.7 Å². The van der Waals surface area contributed by atoms with Crippen molar-refractivity contribution in [3.05, 3.63) is 11.6 Å². The van der Waals surface area contributed by atoms with E-state index in [9.17, 15) is 9.59 Å². The van der Waals surface area contributed by atoms with Gasteiger partial charge in [-0.15, -0.1) is 0 Å². The van der Waals surface area contributed by atoms with Crippen molar-refractivity contribution in [2.24, 2.45) is 28.6 Å². The second-order valence-electron chi connectivity index (χ2n) is 9.20. The maximum Gasteiger partial charge on any atom is 0.407 e. The second kappa shape index (κ2) is 5.85. The van der Waals surface area contributed by atoms with E-state index in [1.54, 1.807) is 7.05 Å². The van der Waals surface area contributed by atoms with E-state index >= 15 is 0 Å². The number of carbonyl (C=O) groups excluding carboxylic acids is 2. The zero-order valence-corrected chi connectivity index (χ0v) is 15.8. The number of carbonyl (C=O) groups is 2. The summed E-state index contributed by atoms with van der Waals surface area (Å²) < 4.78 is 5.53. The molecule has 1 amide bonds. The number of allylic oxidation sites excluding steroid dienone is 1. The normalized spacial score (nSPS) is 45.7. The molecule has 3 saturated carbocycles. The Morgan fingerprint density at radius 3 is 2.64 bits per heavy atom. The van der Waals surface area contributed by atoms with E-state index in [2.05, 4.69) is 25.2 Å². The van der Waals surface area contributed by atoms with E-state index in [4.69, 9.17) is 4.74 Å². The number of hydrogen-bond donors (Lipinski definition) is 1. The minimum atomic E-state index is -0.319. The number of fused-ring (bicyclic) bond motifs is 5. The summed E-state index contributed by atoms with van der Waals surface area (Å²) in [6, 6.07) is 0. The molecule has 0 radical (unpaired) electrons. The number of rotatable bonds is 1. The van der Waals surface area contributed by atoms with E-state index in [-0.39, 0.29) is 23.0 Å². The predicted molar refractivity (Wildman–Crippen MR) is 96.0 cm³/mol. The van der Waals surface area contributed by atoms with E-state index in [1.807, 2.05) is 0 Å². The molecule has 0 bridgehead atoms. The summed E-state index contributed by atoms with van der Waals surface area (Å²) in [7, 11) is 1.61. The van der Waals surface area contributed by atoms with Gasteiger partial charge in [-0.1, -0.05) is 25.5 Å². The largest absolute Gasteiger partial charge is 0.446 e. The number of ether oxygens (including phenoxy) is 1. The molecule has 3 fully saturated rings. The van der Waals surface area contributed by atoms with Crippen molar-refractivity contribution in [3.63, 3.8) is 0 Å². The van der Waals surface area contributed by atoms with E-state index in [1.165, 1.54) is 12.0 Å². The molecule has 0 aliphatic heterocycles. The maximum absolute atomic E-state index is 12.5. The first-order chi connectivity index (χ1) is 11.9. The zero-order valence-electron chi connectivity index (χ0n) is 15.8. The fourth-order valence-corrected chi connectivity index (χ4v) is 6.71. The second-order valence-corrected chi connectivity index (χ2v) is 9.20. The zero-order chi connectivity index (χ0) is 17.8. The fraction of sp³-hybridized carbons (Fsp3) is 0.810. The minimum absolute atomic E-state index is 0.0118. The summed E-state index contributed by atoms with van der Waals surface area (Å²) in [5.41, 5.74) is 1.68. The van der Waals surface area contributed by atoms with Gasteiger partial charge >= 0.3 is 6.09 Å². The van der Waals surface area contributed by atoms with Crippen LogP contribution in [0.2, 0.25) is 0 Å². The lowest BCUT2D eigenvalue weighted by Gasteiger charge is -2.56. The number of Topliss-reactive ketones (excluding diaryl/α,β-unsaturated/α-hetero) is 1. The summed E-state index contributed by atoms with van der Waals surface area (Å²) in [5, 5.41) is 2.56. The molecular weight excluding hydrogens is 314 g/mol. The molecule has 138 valence electrons. The molecule has 6 atom stereocenters. The lowest BCUT2D eigenvalue weighted by atomic mass is 9.48. The first-order valence-electron chi connectivity index (χ1n) is 9.99. The number of hydrogen-bond acceptors (Lipinski definition) is 3. The first-order valence-corrected chi connectivity index (χ1v) is 9.99. The highest BCUT2D eigenvalue weighted by Crippen LogP contribution is 2.64. The molecular formula is C21H31NO3. The third-order valence-corrected chi connectivity index (χ3v) is 8.25. The molecule has 25 heavy (non-hydrogen) atoms. The lowest BCUT2D eigenvalue weighted by Crippen LogP contribution is -2.50. The monoisotopic (exact) mass is 345 g/mol. The summed E-state index contributed by atoms with van der Waals surface area (Å²) in [5.74, 6) is 2.44. The minimum Gasteiger partial charge on any atom is -0.446 e. The quantitative estimate of drug-likeness (QED) is 0.723. The van der Waals surface area contributed by atoms with Crippen LogP contribution in [-0.2, 0) is 9.53 Å². The highest BCUT2D eigenvalue weighted by molar-refractivity contribution is 5.87. The van der Waals surface area contributed by atoms with Crippen LogP contribution in [0.5, 0.6) is 0 Å². The molecule has 0 aromatic rings. The average molecular weight is 345 g/mol. The van der Waals surface area contributed by atoms with Gasteiger partial charge in [0.15, 0.2) is 0 Å². The Bertz CT molecular complexity index is 627. The number of ketones is 1. The Hall–Kier alpha value is -1.32. The molecule has 0 spiro atoms. The Labute approximate surface area is 150 Å². The Balaban J connectivity index is 1.56. The van der Waals surface area contributed by atoms with Gasteiger partial charge in [-0.2, -0.15) is 0 Å². The SMILES string of the molecule is CNC(=O)O[C@H]1CC[C@@]2(C)C(=CCC3C2CC[C@]2(C)C(=O)CCC32)C1. The van der Waals surface area contributed by atoms with E-state index in [0.29, 0.717) is 23.5 Å². The Morgan fingerprint density at radius 1 is 1.16 bits per heavy atom. The third kappa shape index (κ3) is 2.47. The molecule has 4 heteroatoms. The van der Waals surface area contributed by atoms with Crippen LogP contribution in [-0.4, -0.2) is 25.0 Å². The molecule has 0 heterocycles. The van der Waals surface area contributed by atoms with Gasteiger partial charge in [-0.3, -0.25) is 4.79 Å². The molecule has 3 unspecified atom stereocenters. The van der Waals surface area contributed by atoms with Crippen LogP contribution in [0.3, 0.4) is 0 Å². The summed E-state index contributed by atoms with van der Waals surface area (Å²) in [6.07, 6.45) is 10.3. The van der Waals surface area contributed by atoms with E-state index < -0.39 is 0 Å². The van der Waals surface area contributed by atoms with Crippen LogP contribution in [0.15, 0.2) is 11.6 Å². The topological polar surface area (TPSA) is 55.4 Å². The molecule has 1 N–H and O–H groups in total. The Morgan fingerprint density at radius 2 is 1.88 bits per heavy atom. The third-order valence-electron chi connectivity index (χ3n) is 8.25. The van der Waals surface area contributed by atoms with Gasteiger partial charge in [0.1, 0.15) is 11.9 Å². The van der Waals surface area contributed by atoms with Gasteiger partial charge in [0.25, 0.3) is 0 Å². The highest BCUT2D eigenvalue weighted by atomic mass is 16.6. The van der Waals surface area contributed by atoms with Crippen molar-refractivity contribution in [2.45, 2.75) is 71.3 Å². The van der Waals surface area contributed by atoms with E-state index in [0.717, 1.165) is 44.9 Å². The lowest BCUT2D eigenvalue weighted by molar-refractivity contribution is -0.132. The summed E-state index contributed by atoms with van der Waals surface area (Å²) in [4.78, 5) is 24.0. The highest BCUT2D eigenvalue weighted by Gasteiger charge is 2.58. The molecule has 4 aliphatic rings. The molecule has 0 aromatic carbocycles. The van der Waals surface area contributed by atoms with Crippen molar-refractivity contribution < 1.29 is 14.3 Å². The van der Waals surface area contributed by atoms with Gasteiger partial charge in [-0.25, -0.2) is 4.79 Å². The van der Waals surface area contributed by atoms with Crippen molar-refractivity contribution in [1.82, 2.24) is 5.32 Å². The van der Waals surface area contributed by atoms with Gasteiger partial charge in [0.05, 0.1) is 0 Å². The predicted octanol–water partition coefficient (Wildman–Crippen LogP) is 4.24. The molecule has 0 aromatic heterocycles. The summed E-state index contributed by atoms with van der Waals surface area (Å²) >= 11 is 0. The summed E-state index contributed by atoms with van der Waals surface area (Å²) in [6.45, 7) is 4.67. The molecule has 4 rings (SSSR count). The van der Waals surface area contributed by atoms with Crippen LogP contribution < -0.4 is 5.32 Å². The number of amides is 1. The van der Waals surface area contributed by atoms with Crippen LogP contribution in [0, 0.1) is 28.6 Å². The van der Waals surface area contributed by atoms with Crippen LogP contribution in [0.4, 0.5) is 4.79 Å². The van der Waals surface area contributed by atoms with Crippen molar-refractivity contribution in [1.29, 1.82) is 0 Å². The van der Waals surface area contributed by atoms with Crippen LogP contribution in [0.25, 0.3) is 0 Å². The maximum atomic E-state index is 12.5. The molecule has 0 saturated heterocycles. The first kappa shape index (κ1) is 17.1. The Kier molecular flexibility index (Phi) is 4.01. The van der Waals surface area contributed by atoms with Crippen molar-refractivity contribution in [2.75, 3.05) is 7.05 Å². The van der Waals surface area contributed by atoms with Crippen LogP contribution in [0.1, 0.15) is 65.2 Å². The number of nitrogens with one attached hydrogen (secondary N) is 1. The fourth-order valence-electron chi connectivity index (χ4n) is 6.71. The van der Waals surface area contributed by atoms with Gasteiger partial charge in [0.2, 0.25) is 0 Å². The molecule has 4 nitrogen and oxygen atoms in total.